The van der Waals surface area contributed by atoms with Gasteiger partial charge in [-0.05, 0) is 17.7 Å². The first-order chi connectivity index (χ1) is 12.1. The van der Waals surface area contributed by atoms with Crippen LogP contribution in [0.15, 0.2) is 29.3 Å². The van der Waals surface area contributed by atoms with E-state index in [-0.39, 0.29) is 36.3 Å². The van der Waals surface area contributed by atoms with Crippen molar-refractivity contribution in [2.24, 2.45) is 4.99 Å². The van der Waals surface area contributed by atoms with Crippen LogP contribution < -0.4 is 5.32 Å². The van der Waals surface area contributed by atoms with E-state index in [1.54, 1.807) is 13.1 Å². The fourth-order valence-corrected chi connectivity index (χ4v) is 3.11. The zero-order chi connectivity index (χ0) is 19.4. The van der Waals surface area contributed by atoms with Crippen LogP contribution in [0.2, 0.25) is 0 Å². The van der Waals surface area contributed by atoms with Gasteiger partial charge in [0.25, 0.3) is 0 Å². The third-order valence-electron chi connectivity index (χ3n) is 3.92. The molecule has 0 bridgehead atoms. The number of rotatable bonds is 4. The lowest BCUT2D eigenvalue weighted by Crippen LogP contribution is -2.49. The van der Waals surface area contributed by atoms with E-state index in [0.29, 0.717) is 31.2 Å². The van der Waals surface area contributed by atoms with Crippen LogP contribution in [0, 0.1) is 0 Å². The number of hydrogen-bond donors (Lipinski definition) is 1. The average molecular weight is 521 g/mol. The maximum atomic E-state index is 12.9. The van der Waals surface area contributed by atoms with Crippen LogP contribution in [-0.4, -0.2) is 64.6 Å². The molecule has 1 aliphatic heterocycles. The molecule has 0 aromatic heterocycles. The second-order valence-corrected chi connectivity index (χ2v) is 8.29. The lowest BCUT2D eigenvalue weighted by Gasteiger charge is -2.35. The Labute approximate surface area is 174 Å². The van der Waals surface area contributed by atoms with Gasteiger partial charge in [0.15, 0.2) is 5.96 Å². The summed E-state index contributed by atoms with van der Waals surface area (Å²) in [6.07, 6.45) is -3.79. The first kappa shape index (κ1) is 24.0. The van der Waals surface area contributed by atoms with Gasteiger partial charge in [0.2, 0.25) is 0 Å². The Morgan fingerprint density at radius 2 is 2.11 bits per heavy atom. The van der Waals surface area contributed by atoms with E-state index < -0.39 is 27.7 Å². The van der Waals surface area contributed by atoms with Crippen molar-refractivity contribution >= 4 is 39.8 Å². The Hall–Kier alpha value is -1.08. The summed E-state index contributed by atoms with van der Waals surface area (Å²) in [4.78, 5) is 5.96. The van der Waals surface area contributed by atoms with Crippen molar-refractivity contribution in [3.63, 3.8) is 0 Å². The molecule has 1 heterocycles. The van der Waals surface area contributed by atoms with Gasteiger partial charge in [-0.3, -0.25) is 4.99 Å². The number of nitrogens with one attached hydrogen (secondary N) is 1. The number of nitrogens with zero attached hydrogens (tertiary/aromatic N) is 2. The maximum absolute atomic E-state index is 12.9. The van der Waals surface area contributed by atoms with E-state index in [1.807, 2.05) is 4.90 Å². The molecular formula is C16H23F3IN3O3S. The Kier molecular flexibility index (Phi) is 8.80. The smallest absolute Gasteiger partial charge is 0.370 e. The topological polar surface area (TPSA) is 71.0 Å². The van der Waals surface area contributed by atoms with Crippen LogP contribution in [0.4, 0.5) is 13.2 Å². The number of alkyl halides is 3. The van der Waals surface area contributed by atoms with E-state index in [2.05, 4.69) is 10.3 Å². The van der Waals surface area contributed by atoms with Crippen molar-refractivity contribution in [3.8, 4) is 0 Å². The van der Waals surface area contributed by atoms with E-state index in [4.69, 9.17) is 4.74 Å². The summed E-state index contributed by atoms with van der Waals surface area (Å²) in [5.74, 6) is 0.460. The van der Waals surface area contributed by atoms with Crippen LogP contribution in [0.1, 0.15) is 17.2 Å². The molecule has 0 spiro atoms. The van der Waals surface area contributed by atoms with Gasteiger partial charge in [0.05, 0.1) is 24.5 Å². The van der Waals surface area contributed by atoms with Gasteiger partial charge in [-0.15, -0.1) is 24.0 Å². The van der Waals surface area contributed by atoms with Gasteiger partial charge >= 0.3 is 6.18 Å². The maximum Gasteiger partial charge on any atom is 0.416 e. The Morgan fingerprint density at radius 3 is 2.70 bits per heavy atom. The summed E-state index contributed by atoms with van der Waals surface area (Å²) in [7, 11) is -1.53. The molecule has 1 atom stereocenters. The number of morpholine rings is 1. The standard InChI is InChI=1S/C16H22F3N3O3S.HI/c1-20-15(21-6-9-26(2,23)24)22-7-8-25-14(11-22)12-4-3-5-13(10-12)16(17,18)19;/h3-5,10,14H,6-9,11H2,1-2H3,(H,20,21);1H. The first-order valence-electron chi connectivity index (χ1n) is 8.02. The molecule has 1 N–H and O–H groups in total. The van der Waals surface area contributed by atoms with Crippen LogP contribution >= 0.6 is 24.0 Å². The van der Waals surface area contributed by atoms with E-state index in [0.717, 1.165) is 18.4 Å². The number of ether oxygens (including phenoxy) is 1. The second kappa shape index (κ2) is 9.92. The molecule has 27 heavy (non-hydrogen) atoms. The third kappa shape index (κ3) is 7.45. The summed E-state index contributed by atoms with van der Waals surface area (Å²) in [6.45, 7) is 1.36. The molecule has 0 saturated carbocycles. The molecule has 11 heteroatoms. The zero-order valence-electron chi connectivity index (χ0n) is 15.0. The molecule has 1 saturated heterocycles. The monoisotopic (exact) mass is 521 g/mol. The van der Waals surface area contributed by atoms with Crippen LogP contribution in [0.25, 0.3) is 0 Å². The van der Waals surface area contributed by atoms with Crippen molar-refractivity contribution in [2.75, 3.05) is 45.3 Å². The molecule has 0 aliphatic carbocycles. The summed E-state index contributed by atoms with van der Waals surface area (Å²) in [6, 6.07) is 5.08. The molecule has 6 nitrogen and oxygen atoms in total. The minimum atomic E-state index is -4.41. The quantitative estimate of drug-likeness (QED) is 0.374. The van der Waals surface area contributed by atoms with Gasteiger partial charge in [-0.2, -0.15) is 13.2 Å². The summed E-state index contributed by atoms with van der Waals surface area (Å²) < 4.78 is 66.8. The largest absolute Gasteiger partial charge is 0.416 e. The van der Waals surface area contributed by atoms with Crippen LogP contribution in [-0.2, 0) is 20.8 Å². The van der Waals surface area contributed by atoms with E-state index in [9.17, 15) is 21.6 Å². The van der Waals surface area contributed by atoms with Crippen molar-refractivity contribution in [1.82, 2.24) is 10.2 Å². The summed E-state index contributed by atoms with van der Waals surface area (Å²) >= 11 is 0. The Bertz CT molecular complexity index is 757. The molecule has 0 radical (unpaired) electrons. The number of guanidine groups is 1. The minimum Gasteiger partial charge on any atom is -0.370 e. The molecule has 2 rings (SSSR count). The normalized spacial score (nSPS) is 18.8. The molecule has 154 valence electrons. The summed E-state index contributed by atoms with van der Waals surface area (Å²) in [5, 5.41) is 2.96. The molecule has 1 aromatic carbocycles. The number of hydrogen-bond acceptors (Lipinski definition) is 4. The zero-order valence-corrected chi connectivity index (χ0v) is 18.1. The number of halogens is 4. The van der Waals surface area contributed by atoms with Crippen molar-refractivity contribution in [2.45, 2.75) is 12.3 Å². The Morgan fingerprint density at radius 1 is 1.41 bits per heavy atom. The predicted molar refractivity (Wildman–Crippen MR) is 108 cm³/mol. The van der Waals surface area contributed by atoms with Crippen LogP contribution in [0.3, 0.4) is 0 Å². The molecule has 1 unspecified atom stereocenters. The lowest BCUT2D eigenvalue weighted by molar-refractivity contribution is -0.137. The van der Waals surface area contributed by atoms with Gasteiger partial charge in [-0.1, -0.05) is 12.1 Å². The van der Waals surface area contributed by atoms with Crippen LogP contribution in [0.5, 0.6) is 0 Å². The molecule has 1 aromatic rings. The highest BCUT2D eigenvalue weighted by atomic mass is 127. The minimum absolute atomic E-state index is 0. The van der Waals surface area contributed by atoms with Gasteiger partial charge in [-0.25, -0.2) is 8.42 Å². The van der Waals surface area contributed by atoms with Gasteiger partial charge < -0.3 is 15.0 Å². The second-order valence-electron chi connectivity index (χ2n) is 6.03. The highest BCUT2D eigenvalue weighted by molar-refractivity contribution is 14.0. The van der Waals surface area contributed by atoms with Gasteiger partial charge in [0.1, 0.15) is 15.9 Å². The highest BCUT2D eigenvalue weighted by Crippen LogP contribution is 2.32. The first-order valence-corrected chi connectivity index (χ1v) is 10.1. The average Bonchev–Trinajstić information content (AvgIpc) is 2.57. The van der Waals surface area contributed by atoms with E-state index in [1.165, 1.54) is 6.07 Å². The fraction of sp³-hybridized carbons (Fsp3) is 0.562. The number of aliphatic imine (C=N–C) groups is 1. The number of sulfone groups is 1. The third-order valence-corrected chi connectivity index (χ3v) is 4.87. The predicted octanol–water partition coefficient (Wildman–Crippen LogP) is 2.32. The van der Waals surface area contributed by atoms with Crippen molar-refractivity contribution in [1.29, 1.82) is 0 Å². The fourth-order valence-electron chi connectivity index (χ4n) is 2.64. The highest BCUT2D eigenvalue weighted by Gasteiger charge is 2.32. The number of benzene rings is 1. The summed E-state index contributed by atoms with van der Waals surface area (Å²) in [5.41, 5.74) is -0.275. The van der Waals surface area contributed by atoms with E-state index >= 15 is 0 Å². The molecule has 1 aliphatic rings. The SMILES string of the molecule is CN=C(NCCS(C)(=O)=O)N1CCOC(c2cccc(C(F)(F)F)c2)C1.I. The lowest BCUT2D eigenvalue weighted by atomic mass is 10.0. The van der Waals surface area contributed by atoms with Gasteiger partial charge in [0, 0.05) is 26.4 Å². The van der Waals surface area contributed by atoms with Crippen molar-refractivity contribution < 1.29 is 26.3 Å². The molecular weight excluding hydrogens is 498 g/mol. The van der Waals surface area contributed by atoms with Crippen molar-refractivity contribution in [3.05, 3.63) is 35.4 Å². The molecule has 0 amide bonds. The molecule has 1 fully saturated rings. The Balaban J connectivity index is 0.00000364.